The fraction of sp³-hybridized carbons (Fsp3) is 0.500. The van der Waals surface area contributed by atoms with Crippen LogP contribution in [0, 0.1) is 5.82 Å². The number of likely N-dealkylation sites (tertiary alicyclic amines) is 1. The third-order valence-electron chi connectivity index (χ3n) is 3.29. The monoisotopic (exact) mass is 282 g/mol. The normalized spacial score (nSPS) is 15.6. The van der Waals surface area contributed by atoms with Gasteiger partial charge in [-0.05, 0) is 44.5 Å². The molecule has 0 aliphatic carbocycles. The summed E-state index contributed by atoms with van der Waals surface area (Å²) in [6.07, 6.45) is 3.55. The fourth-order valence-electron chi connectivity index (χ4n) is 2.27. The molecule has 1 aliphatic rings. The second kappa shape index (κ2) is 6.82. The summed E-state index contributed by atoms with van der Waals surface area (Å²) in [7, 11) is 0. The van der Waals surface area contributed by atoms with E-state index >= 15 is 0 Å². The Morgan fingerprint density at radius 3 is 2.74 bits per heavy atom. The van der Waals surface area contributed by atoms with Gasteiger partial charge >= 0.3 is 0 Å². The first-order valence-electron chi connectivity index (χ1n) is 6.61. The molecule has 1 heterocycles. The van der Waals surface area contributed by atoms with E-state index in [1.54, 1.807) is 12.1 Å². The Hall–Kier alpha value is -1.20. The van der Waals surface area contributed by atoms with Crippen molar-refractivity contribution in [2.75, 3.05) is 26.2 Å². The van der Waals surface area contributed by atoms with Gasteiger partial charge in [-0.1, -0.05) is 12.2 Å². The van der Waals surface area contributed by atoms with E-state index in [-0.39, 0.29) is 10.6 Å². The standard InChI is InChI=1S/C14H19FN2OS/c15-13-10-11(4-5-12(13)14(16)19)18-9-3-8-17-6-1-2-7-17/h4-5,10H,1-3,6-9H2,(H2,16,19). The molecule has 0 atom stereocenters. The number of ether oxygens (including phenoxy) is 1. The predicted molar refractivity (Wildman–Crippen MR) is 78.1 cm³/mol. The van der Waals surface area contributed by atoms with Gasteiger partial charge < -0.3 is 15.4 Å². The molecule has 2 rings (SSSR count). The number of hydrogen-bond donors (Lipinski definition) is 1. The van der Waals surface area contributed by atoms with Crippen molar-refractivity contribution in [1.82, 2.24) is 4.90 Å². The van der Waals surface area contributed by atoms with Crippen LogP contribution in [0.2, 0.25) is 0 Å². The second-order valence-corrected chi connectivity index (χ2v) is 5.20. The molecule has 1 fully saturated rings. The van der Waals surface area contributed by atoms with E-state index in [0.717, 1.165) is 13.0 Å². The van der Waals surface area contributed by atoms with Crippen LogP contribution in [0.3, 0.4) is 0 Å². The zero-order valence-electron chi connectivity index (χ0n) is 10.9. The first-order valence-corrected chi connectivity index (χ1v) is 7.02. The van der Waals surface area contributed by atoms with E-state index in [4.69, 9.17) is 22.7 Å². The molecular weight excluding hydrogens is 263 g/mol. The van der Waals surface area contributed by atoms with Crippen LogP contribution in [0.15, 0.2) is 18.2 Å². The second-order valence-electron chi connectivity index (χ2n) is 4.76. The van der Waals surface area contributed by atoms with Gasteiger partial charge in [0.05, 0.1) is 6.61 Å². The van der Waals surface area contributed by atoms with Crippen LogP contribution in [0.5, 0.6) is 5.75 Å². The summed E-state index contributed by atoms with van der Waals surface area (Å²) in [4.78, 5) is 2.50. The van der Waals surface area contributed by atoms with E-state index < -0.39 is 5.82 Å². The number of hydrogen-bond acceptors (Lipinski definition) is 3. The van der Waals surface area contributed by atoms with Gasteiger partial charge in [0.15, 0.2) is 0 Å². The van der Waals surface area contributed by atoms with Crippen LogP contribution in [-0.4, -0.2) is 36.1 Å². The molecule has 0 amide bonds. The molecule has 0 bridgehead atoms. The number of nitrogens with two attached hydrogens (primary N) is 1. The lowest BCUT2D eigenvalue weighted by molar-refractivity contribution is 0.262. The summed E-state index contributed by atoms with van der Waals surface area (Å²) in [5, 5.41) is 0. The Labute approximate surface area is 118 Å². The van der Waals surface area contributed by atoms with Gasteiger partial charge in [-0.3, -0.25) is 0 Å². The number of nitrogens with zero attached hydrogens (tertiary/aromatic N) is 1. The summed E-state index contributed by atoms with van der Waals surface area (Å²) >= 11 is 4.75. The minimum atomic E-state index is -0.426. The van der Waals surface area contributed by atoms with Crippen molar-refractivity contribution in [2.24, 2.45) is 5.73 Å². The maximum absolute atomic E-state index is 13.6. The maximum atomic E-state index is 13.6. The Kier molecular flexibility index (Phi) is 5.10. The molecule has 0 unspecified atom stereocenters. The molecular formula is C14H19FN2OS. The van der Waals surface area contributed by atoms with E-state index in [2.05, 4.69) is 4.90 Å². The lowest BCUT2D eigenvalue weighted by Gasteiger charge is -2.14. The lowest BCUT2D eigenvalue weighted by Crippen LogP contribution is -2.21. The van der Waals surface area contributed by atoms with Crippen LogP contribution in [-0.2, 0) is 0 Å². The minimum Gasteiger partial charge on any atom is -0.493 e. The lowest BCUT2D eigenvalue weighted by atomic mass is 10.2. The third kappa shape index (κ3) is 4.14. The third-order valence-corrected chi connectivity index (χ3v) is 3.51. The first kappa shape index (κ1) is 14.2. The number of rotatable bonds is 6. The molecule has 3 nitrogen and oxygen atoms in total. The SMILES string of the molecule is NC(=S)c1ccc(OCCCN2CCCC2)cc1F. The van der Waals surface area contributed by atoms with Gasteiger partial charge in [0.2, 0.25) is 0 Å². The largest absolute Gasteiger partial charge is 0.493 e. The zero-order valence-corrected chi connectivity index (χ0v) is 11.7. The highest BCUT2D eigenvalue weighted by Gasteiger charge is 2.10. The number of benzene rings is 1. The summed E-state index contributed by atoms with van der Waals surface area (Å²) in [6.45, 7) is 4.03. The minimum absolute atomic E-state index is 0.0677. The smallest absolute Gasteiger partial charge is 0.137 e. The van der Waals surface area contributed by atoms with Gasteiger partial charge in [-0.2, -0.15) is 0 Å². The molecule has 2 N–H and O–H groups in total. The Morgan fingerprint density at radius 1 is 1.37 bits per heavy atom. The van der Waals surface area contributed by atoms with E-state index in [1.807, 2.05) is 0 Å². The molecule has 0 spiro atoms. The van der Waals surface area contributed by atoms with E-state index in [1.165, 1.54) is 32.0 Å². The average Bonchev–Trinajstić information content (AvgIpc) is 2.87. The summed E-state index contributed by atoms with van der Waals surface area (Å²) in [6, 6.07) is 4.60. The molecule has 1 aromatic rings. The van der Waals surface area contributed by atoms with Gasteiger partial charge in [-0.25, -0.2) is 4.39 Å². The average molecular weight is 282 g/mol. The van der Waals surface area contributed by atoms with Crippen molar-refractivity contribution in [3.8, 4) is 5.75 Å². The number of thiocarbonyl (C=S) groups is 1. The van der Waals surface area contributed by atoms with E-state index in [9.17, 15) is 4.39 Å². The van der Waals surface area contributed by atoms with Gasteiger partial charge in [0, 0.05) is 18.2 Å². The molecule has 19 heavy (non-hydrogen) atoms. The molecule has 5 heteroatoms. The molecule has 1 saturated heterocycles. The molecule has 0 radical (unpaired) electrons. The topological polar surface area (TPSA) is 38.5 Å². The molecule has 104 valence electrons. The van der Waals surface area contributed by atoms with Gasteiger partial charge in [-0.15, -0.1) is 0 Å². The van der Waals surface area contributed by atoms with Crippen LogP contribution >= 0.6 is 12.2 Å². The molecule has 1 aliphatic heterocycles. The Morgan fingerprint density at radius 2 is 2.11 bits per heavy atom. The molecule has 1 aromatic carbocycles. The summed E-state index contributed by atoms with van der Waals surface area (Å²) in [5.41, 5.74) is 5.66. The van der Waals surface area contributed by atoms with Crippen molar-refractivity contribution in [3.05, 3.63) is 29.6 Å². The molecule has 0 saturated carbocycles. The summed E-state index contributed by atoms with van der Waals surface area (Å²) < 4.78 is 19.1. The van der Waals surface area contributed by atoms with Crippen molar-refractivity contribution < 1.29 is 9.13 Å². The van der Waals surface area contributed by atoms with Gasteiger partial charge in [0.1, 0.15) is 16.6 Å². The van der Waals surface area contributed by atoms with Crippen LogP contribution in [0.1, 0.15) is 24.8 Å². The zero-order chi connectivity index (χ0) is 13.7. The van der Waals surface area contributed by atoms with Gasteiger partial charge in [0.25, 0.3) is 0 Å². The highest BCUT2D eigenvalue weighted by molar-refractivity contribution is 7.80. The highest BCUT2D eigenvalue weighted by Crippen LogP contribution is 2.17. The predicted octanol–water partition coefficient (Wildman–Crippen LogP) is 2.32. The van der Waals surface area contributed by atoms with Crippen molar-refractivity contribution >= 4 is 17.2 Å². The van der Waals surface area contributed by atoms with Crippen molar-refractivity contribution in [2.45, 2.75) is 19.3 Å². The molecule has 0 aromatic heterocycles. The highest BCUT2D eigenvalue weighted by atomic mass is 32.1. The first-order chi connectivity index (χ1) is 9.16. The van der Waals surface area contributed by atoms with Crippen LogP contribution in [0.4, 0.5) is 4.39 Å². The summed E-state index contributed by atoms with van der Waals surface area (Å²) in [5.74, 6) is 0.100. The number of halogens is 1. The Bertz CT molecular complexity index is 447. The maximum Gasteiger partial charge on any atom is 0.137 e. The quantitative estimate of drug-likeness (QED) is 0.642. The van der Waals surface area contributed by atoms with Crippen LogP contribution in [0.25, 0.3) is 0 Å². The van der Waals surface area contributed by atoms with Crippen molar-refractivity contribution in [3.63, 3.8) is 0 Å². The van der Waals surface area contributed by atoms with Crippen LogP contribution < -0.4 is 10.5 Å². The van der Waals surface area contributed by atoms with E-state index in [0.29, 0.717) is 12.4 Å². The van der Waals surface area contributed by atoms with Crippen molar-refractivity contribution in [1.29, 1.82) is 0 Å². The fourth-order valence-corrected chi connectivity index (χ4v) is 2.44. The Balaban J connectivity index is 1.76.